The highest BCUT2D eigenvalue weighted by molar-refractivity contribution is 5.91. The average Bonchev–Trinajstić information content (AvgIpc) is 3.21. The van der Waals surface area contributed by atoms with Gasteiger partial charge < -0.3 is 9.73 Å². The lowest BCUT2D eigenvalue weighted by molar-refractivity contribution is -0.116. The van der Waals surface area contributed by atoms with E-state index in [1.54, 1.807) is 41.5 Å². The van der Waals surface area contributed by atoms with Gasteiger partial charge in [0.05, 0.1) is 24.2 Å². The summed E-state index contributed by atoms with van der Waals surface area (Å²) in [5.74, 6) is 0.449. The van der Waals surface area contributed by atoms with Crippen molar-refractivity contribution in [2.45, 2.75) is 6.54 Å². The molecular weight excluding hydrogens is 292 g/mol. The zero-order chi connectivity index (χ0) is 16.1. The Morgan fingerprint density at radius 1 is 1.39 bits per heavy atom. The molecule has 0 aliphatic heterocycles. The second-order valence-corrected chi connectivity index (χ2v) is 4.95. The van der Waals surface area contributed by atoms with E-state index in [0.717, 1.165) is 17.0 Å². The van der Waals surface area contributed by atoms with Crippen LogP contribution in [-0.4, -0.2) is 20.7 Å². The number of aryl methyl sites for hydroxylation is 1. The van der Waals surface area contributed by atoms with Crippen LogP contribution in [0.2, 0.25) is 0 Å². The highest BCUT2D eigenvalue weighted by Gasteiger charge is 2.08. The number of rotatable bonds is 5. The zero-order valence-corrected chi connectivity index (χ0v) is 12.6. The van der Waals surface area contributed by atoms with Crippen LogP contribution in [0.15, 0.2) is 59.5 Å². The lowest BCUT2D eigenvalue weighted by atomic mass is 10.2. The third-order valence-electron chi connectivity index (χ3n) is 3.32. The smallest absolute Gasteiger partial charge is 0.244 e. The molecule has 23 heavy (non-hydrogen) atoms. The van der Waals surface area contributed by atoms with Gasteiger partial charge in [0.15, 0.2) is 0 Å². The summed E-state index contributed by atoms with van der Waals surface area (Å²) in [7, 11) is 1.85. The molecule has 0 aliphatic rings. The van der Waals surface area contributed by atoms with Crippen LogP contribution in [0, 0.1) is 0 Å². The lowest BCUT2D eigenvalue weighted by Crippen LogP contribution is -2.21. The molecule has 0 fully saturated rings. The Kier molecular flexibility index (Phi) is 4.33. The molecular formula is C17H16N4O2. The van der Waals surface area contributed by atoms with Crippen LogP contribution in [0.3, 0.4) is 0 Å². The van der Waals surface area contributed by atoms with Crippen molar-refractivity contribution in [3.63, 3.8) is 0 Å². The van der Waals surface area contributed by atoms with E-state index in [9.17, 15) is 4.79 Å². The van der Waals surface area contributed by atoms with E-state index in [-0.39, 0.29) is 5.91 Å². The molecule has 0 atom stereocenters. The van der Waals surface area contributed by atoms with Gasteiger partial charge >= 0.3 is 0 Å². The summed E-state index contributed by atoms with van der Waals surface area (Å²) in [5.41, 5.74) is 2.68. The fourth-order valence-electron chi connectivity index (χ4n) is 2.11. The SMILES string of the molecule is Cn1nc(-c2cccnc2)cc1CNC(=O)/C=C/c1ccco1. The number of carbonyl (C=O) groups is 1. The average molecular weight is 308 g/mol. The van der Waals surface area contributed by atoms with Crippen molar-refractivity contribution < 1.29 is 9.21 Å². The molecule has 0 radical (unpaired) electrons. The van der Waals surface area contributed by atoms with Crippen molar-refractivity contribution in [2.75, 3.05) is 0 Å². The van der Waals surface area contributed by atoms with Crippen LogP contribution in [-0.2, 0) is 18.4 Å². The first-order chi connectivity index (χ1) is 11.2. The number of furan rings is 1. The second-order valence-electron chi connectivity index (χ2n) is 4.95. The van der Waals surface area contributed by atoms with Crippen molar-refractivity contribution in [3.05, 3.63) is 66.5 Å². The van der Waals surface area contributed by atoms with Crippen LogP contribution in [0.4, 0.5) is 0 Å². The Morgan fingerprint density at radius 2 is 2.30 bits per heavy atom. The van der Waals surface area contributed by atoms with Crippen molar-refractivity contribution in [1.82, 2.24) is 20.1 Å². The number of hydrogen-bond donors (Lipinski definition) is 1. The maximum absolute atomic E-state index is 11.8. The van der Waals surface area contributed by atoms with E-state index >= 15 is 0 Å². The molecule has 6 heteroatoms. The molecule has 0 saturated heterocycles. The Balaban J connectivity index is 1.62. The minimum absolute atomic E-state index is 0.189. The number of carbonyl (C=O) groups excluding carboxylic acids is 1. The van der Waals surface area contributed by atoms with Crippen LogP contribution in [0.25, 0.3) is 17.3 Å². The zero-order valence-electron chi connectivity index (χ0n) is 12.6. The van der Waals surface area contributed by atoms with Gasteiger partial charge in [0.2, 0.25) is 5.91 Å². The molecule has 0 spiro atoms. The summed E-state index contributed by atoms with van der Waals surface area (Å²) < 4.78 is 6.88. The summed E-state index contributed by atoms with van der Waals surface area (Å²) in [6.07, 6.45) is 8.11. The van der Waals surface area contributed by atoms with Gasteiger partial charge in [-0.2, -0.15) is 5.10 Å². The molecule has 0 aromatic carbocycles. The van der Waals surface area contributed by atoms with E-state index in [0.29, 0.717) is 12.3 Å². The minimum Gasteiger partial charge on any atom is -0.465 e. The van der Waals surface area contributed by atoms with Gasteiger partial charge in [0.1, 0.15) is 5.76 Å². The highest BCUT2D eigenvalue weighted by atomic mass is 16.3. The van der Waals surface area contributed by atoms with Gasteiger partial charge in [-0.25, -0.2) is 0 Å². The predicted molar refractivity (Wildman–Crippen MR) is 86.0 cm³/mol. The molecule has 116 valence electrons. The minimum atomic E-state index is -0.189. The largest absolute Gasteiger partial charge is 0.465 e. The van der Waals surface area contributed by atoms with Crippen LogP contribution in [0.1, 0.15) is 11.5 Å². The quantitative estimate of drug-likeness (QED) is 0.735. The highest BCUT2D eigenvalue weighted by Crippen LogP contribution is 2.17. The molecule has 0 saturated carbocycles. The van der Waals surface area contributed by atoms with Crippen molar-refractivity contribution in [3.8, 4) is 11.3 Å². The Bertz CT molecular complexity index is 805. The van der Waals surface area contributed by atoms with E-state index < -0.39 is 0 Å². The van der Waals surface area contributed by atoms with Crippen LogP contribution < -0.4 is 5.32 Å². The Labute approximate surface area is 133 Å². The summed E-state index contributed by atoms with van der Waals surface area (Å²) in [5, 5.41) is 7.26. The Hall–Kier alpha value is -3.15. The Morgan fingerprint density at radius 3 is 3.04 bits per heavy atom. The fraction of sp³-hybridized carbons (Fsp3) is 0.118. The summed E-state index contributed by atoms with van der Waals surface area (Å²) in [6.45, 7) is 0.394. The van der Waals surface area contributed by atoms with Gasteiger partial charge in [-0.1, -0.05) is 0 Å². The molecule has 1 amide bonds. The molecule has 3 aromatic heterocycles. The monoisotopic (exact) mass is 308 g/mol. The van der Waals surface area contributed by atoms with Crippen molar-refractivity contribution in [2.24, 2.45) is 7.05 Å². The number of nitrogens with one attached hydrogen (secondary N) is 1. The number of pyridine rings is 1. The van der Waals surface area contributed by atoms with Crippen LogP contribution >= 0.6 is 0 Å². The van der Waals surface area contributed by atoms with Crippen molar-refractivity contribution >= 4 is 12.0 Å². The lowest BCUT2D eigenvalue weighted by Gasteiger charge is -2.02. The first kappa shape index (κ1) is 14.8. The molecule has 3 rings (SSSR count). The standard InChI is InChI=1S/C17H16N4O2/c1-21-14(10-16(20-21)13-4-2-8-18-11-13)12-19-17(22)7-6-15-5-3-9-23-15/h2-11H,12H2,1H3,(H,19,22)/b7-6+. The summed E-state index contributed by atoms with van der Waals surface area (Å²) >= 11 is 0. The van der Waals surface area contributed by atoms with Crippen molar-refractivity contribution in [1.29, 1.82) is 0 Å². The summed E-state index contributed by atoms with van der Waals surface area (Å²) in [6, 6.07) is 9.31. The topological polar surface area (TPSA) is 73.0 Å². The second kappa shape index (κ2) is 6.74. The van der Waals surface area contributed by atoms with E-state index in [1.807, 2.05) is 25.2 Å². The predicted octanol–water partition coefficient (Wildman–Crippen LogP) is 2.40. The maximum Gasteiger partial charge on any atom is 0.244 e. The molecule has 3 heterocycles. The molecule has 6 nitrogen and oxygen atoms in total. The number of nitrogens with zero attached hydrogens (tertiary/aromatic N) is 3. The molecule has 0 bridgehead atoms. The maximum atomic E-state index is 11.8. The van der Waals surface area contributed by atoms with E-state index in [4.69, 9.17) is 4.42 Å². The van der Waals surface area contributed by atoms with Gasteiger partial charge in [-0.3, -0.25) is 14.5 Å². The number of aromatic nitrogens is 3. The fourth-order valence-corrected chi connectivity index (χ4v) is 2.11. The molecule has 3 aromatic rings. The molecule has 1 N–H and O–H groups in total. The third kappa shape index (κ3) is 3.74. The third-order valence-corrected chi connectivity index (χ3v) is 3.32. The van der Waals surface area contributed by atoms with Gasteiger partial charge in [-0.15, -0.1) is 0 Å². The van der Waals surface area contributed by atoms with Gasteiger partial charge in [-0.05, 0) is 36.4 Å². The number of hydrogen-bond acceptors (Lipinski definition) is 4. The van der Waals surface area contributed by atoms with Gasteiger partial charge in [0.25, 0.3) is 0 Å². The summed E-state index contributed by atoms with van der Waals surface area (Å²) in [4.78, 5) is 15.9. The normalized spacial score (nSPS) is 11.0. The van der Waals surface area contributed by atoms with Gasteiger partial charge in [0, 0.05) is 31.1 Å². The van der Waals surface area contributed by atoms with E-state index in [2.05, 4.69) is 15.4 Å². The number of amides is 1. The van der Waals surface area contributed by atoms with Crippen LogP contribution in [0.5, 0.6) is 0 Å². The first-order valence-corrected chi connectivity index (χ1v) is 7.15. The molecule has 0 unspecified atom stereocenters. The van der Waals surface area contributed by atoms with E-state index in [1.165, 1.54) is 6.08 Å². The first-order valence-electron chi connectivity index (χ1n) is 7.15. The molecule has 0 aliphatic carbocycles.